The van der Waals surface area contributed by atoms with E-state index in [9.17, 15) is 0 Å². The molecular formula is C17H23NS. The summed E-state index contributed by atoms with van der Waals surface area (Å²) < 4.78 is 0. The molecule has 2 aromatic rings. The van der Waals surface area contributed by atoms with E-state index in [1.54, 1.807) is 11.3 Å². The van der Waals surface area contributed by atoms with E-state index in [1.807, 2.05) is 12.1 Å². The van der Waals surface area contributed by atoms with Crippen LogP contribution in [0.3, 0.4) is 0 Å². The topological polar surface area (TPSA) is 23.9 Å². The maximum atomic E-state index is 7.02. The lowest BCUT2D eigenvalue weighted by atomic mass is 10.1. The summed E-state index contributed by atoms with van der Waals surface area (Å²) in [5.41, 5.74) is 1.41. The Morgan fingerprint density at radius 1 is 1.11 bits per heavy atom. The number of aryl methyl sites for hydroxylation is 1. The average molecular weight is 273 g/mol. The van der Waals surface area contributed by atoms with Crippen LogP contribution in [-0.2, 0) is 12.8 Å². The first kappa shape index (κ1) is 15.6. The van der Waals surface area contributed by atoms with Crippen LogP contribution in [0, 0.1) is 11.3 Å². The second-order valence-corrected chi connectivity index (χ2v) is 6.09. The number of rotatable bonds is 4. The second-order valence-electron chi connectivity index (χ2n) is 4.89. The van der Waals surface area contributed by atoms with Crippen molar-refractivity contribution in [2.24, 2.45) is 5.92 Å². The quantitative estimate of drug-likeness (QED) is 0.741. The molecule has 0 amide bonds. The van der Waals surface area contributed by atoms with Crippen LogP contribution in [0.4, 0.5) is 0 Å². The zero-order valence-corrected chi connectivity index (χ0v) is 12.8. The highest BCUT2D eigenvalue weighted by Gasteiger charge is 2.00. The smallest absolute Gasteiger partial charge is 0.0448 e. The molecule has 102 valence electrons. The SMILES string of the molecule is CC(C)Cc1ccc(C=N)s1.CCc1ccccc1. The van der Waals surface area contributed by atoms with Crippen LogP contribution in [0.5, 0.6) is 0 Å². The third-order valence-corrected chi connectivity index (χ3v) is 3.74. The van der Waals surface area contributed by atoms with Gasteiger partial charge < -0.3 is 5.41 Å². The molecule has 0 aliphatic rings. The van der Waals surface area contributed by atoms with Crippen molar-refractivity contribution in [3.63, 3.8) is 0 Å². The van der Waals surface area contributed by atoms with Gasteiger partial charge in [-0.05, 0) is 36.5 Å². The predicted molar refractivity (Wildman–Crippen MR) is 86.6 cm³/mol. The molecule has 2 rings (SSSR count). The van der Waals surface area contributed by atoms with Crippen molar-refractivity contribution in [3.8, 4) is 0 Å². The predicted octanol–water partition coefficient (Wildman–Crippen LogP) is 5.19. The van der Waals surface area contributed by atoms with Gasteiger partial charge >= 0.3 is 0 Å². The molecule has 0 aliphatic heterocycles. The lowest BCUT2D eigenvalue weighted by molar-refractivity contribution is 0.654. The van der Waals surface area contributed by atoms with Gasteiger partial charge in [0.2, 0.25) is 0 Å². The van der Waals surface area contributed by atoms with Crippen LogP contribution in [0.2, 0.25) is 0 Å². The zero-order valence-electron chi connectivity index (χ0n) is 12.0. The molecule has 0 unspecified atom stereocenters. The molecule has 0 atom stereocenters. The average Bonchev–Trinajstić information content (AvgIpc) is 2.87. The van der Waals surface area contributed by atoms with Gasteiger partial charge in [0.05, 0.1) is 0 Å². The van der Waals surface area contributed by atoms with Crippen molar-refractivity contribution in [3.05, 3.63) is 57.8 Å². The molecule has 1 aromatic carbocycles. The number of hydrogen-bond acceptors (Lipinski definition) is 2. The summed E-state index contributed by atoms with van der Waals surface area (Å²) in [7, 11) is 0. The lowest BCUT2D eigenvalue weighted by Crippen LogP contribution is -1.89. The fourth-order valence-corrected chi connectivity index (χ4v) is 2.75. The van der Waals surface area contributed by atoms with E-state index in [2.05, 4.69) is 51.1 Å². The highest BCUT2D eigenvalue weighted by Crippen LogP contribution is 2.17. The maximum Gasteiger partial charge on any atom is 0.0448 e. The molecule has 0 saturated heterocycles. The summed E-state index contributed by atoms with van der Waals surface area (Å²) >= 11 is 1.72. The molecule has 0 fully saturated rings. The summed E-state index contributed by atoms with van der Waals surface area (Å²) in [6.07, 6.45) is 3.69. The molecule has 2 heteroatoms. The normalized spacial score (nSPS) is 9.89. The van der Waals surface area contributed by atoms with E-state index in [1.165, 1.54) is 16.7 Å². The molecule has 1 heterocycles. The van der Waals surface area contributed by atoms with E-state index in [0.717, 1.165) is 17.7 Å². The minimum atomic E-state index is 0.715. The van der Waals surface area contributed by atoms with Crippen LogP contribution in [0.25, 0.3) is 0 Å². The minimum Gasteiger partial charge on any atom is -0.307 e. The van der Waals surface area contributed by atoms with Crippen LogP contribution in [-0.4, -0.2) is 6.21 Å². The Kier molecular flexibility index (Phi) is 7.12. The van der Waals surface area contributed by atoms with E-state index in [-0.39, 0.29) is 0 Å². The van der Waals surface area contributed by atoms with Gasteiger partial charge in [-0.15, -0.1) is 11.3 Å². The molecular weight excluding hydrogens is 250 g/mol. The van der Waals surface area contributed by atoms with Gasteiger partial charge in [-0.1, -0.05) is 51.1 Å². The first-order chi connectivity index (χ1) is 9.15. The Bertz CT molecular complexity index is 471. The Hall–Kier alpha value is -1.41. The highest BCUT2D eigenvalue weighted by atomic mass is 32.1. The summed E-state index contributed by atoms with van der Waals surface area (Å²) in [5.74, 6) is 0.715. The van der Waals surface area contributed by atoms with E-state index >= 15 is 0 Å². The fourth-order valence-electron chi connectivity index (χ4n) is 1.70. The largest absolute Gasteiger partial charge is 0.307 e. The standard InChI is InChI=1S/C9H13NS.C8H10/c1-7(2)5-8-3-4-9(6-10)11-8;1-2-8-6-4-3-5-7-8/h3-4,6-7,10H,5H2,1-2H3;3-7H,2H2,1H3. The van der Waals surface area contributed by atoms with Gasteiger partial charge in [0.1, 0.15) is 0 Å². The van der Waals surface area contributed by atoms with E-state index < -0.39 is 0 Å². The number of benzene rings is 1. The zero-order chi connectivity index (χ0) is 14.1. The van der Waals surface area contributed by atoms with E-state index in [0.29, 0.717) is 5.92 Å². The molecule has 19 heavy (non-hydrogen) atoms. The molecule has 1 nitrogen and oxygen atoms in total. The second kappa shape index (κ2) is 8.65. The Labute approximate surface area is 120 Å². The number of thiophene rings is 1. The first-order valence-corrected chi connectivity index (χ1v) is 7.60. The van der Waals surface area contributed by atoms with Crippen molar-refractivity contribution in [2.45, 2.75) is 33.6 Å². The summed E-state index contributed by atoms with van der Waals surface area (Å²) in [4.78, 5) is 2.44. The van der Waals surface area contributed by atoms with Crippen molar-refractivity contribution < 1.29 is 0 Å². The molecule has 0 spiro atoms. The molecule has 0 radical (unpaired) electrons. The van der Waals surface area contributed by atoms with Crippen LogP contribution in [0.1, 0.15) is 36.1 Å². The monoisotopic (exact) mass is 273 g/mol. The summed E-state index contributed by atoms with van der Waals surface area (Å²) in [6.45, 7) is 6.59. The van der Waals surface area contributed by atoms with Crippen LogP contribution in [0.15, 0.2) is 42.5 Å². The summed E-state index contributed by atoms with van der Waals surface area (Å²) in [6, 6.07) is 14.6. The van der Waals surface area contributed by atoms with Crippen LogP contribution < -0.4 is 0 Å². The minimum absolute atomic E-state index is 0.715. The lowest BCUT2D eigenvalue weighted by Gasteiger charge is -1.98. The van der Waals surface area contributed by atoms with Gasteiger partial charge in [0.15, 0.2) is 0 Å². The molecule has 0 bridgehead atoms. The van der Waals surface area contributed by atoms with Gasteiger partial charge in [0.25, 0.3) is 0 Å². The number of nitrogens with one attached hydrogen (secondary N) is 1. The molecule has 0 aliphatic carbocycles. The van der Waals surface area contributed by atoms with Crippen molar-refractivity contribution in [1.82, 2.24) is 0 Å². The van der Waals surface area contributed by atoms with E-state index in [4.69, 9.17) is 5.41 Å². The first-order valence-electron chi connectivity index (χ1n) is 6.78. The Morgan fingerprint density at radius 2 is 1.79 bits per heavy atom. The van der Waals surface area contributed by atoms with Gasteiger partial charge in [-0.2, -0.15) is 0 Å². The third-order valence-electron chi connectivity index (χ3n) is 2.69. The Morgan fingerprint density at radius 3 is 2.21 bits per heavy atom. The Balaban J connectivity index is 0.000000200. The number of hydrogen-bond donors (Lipinski definition) is 1. The van der Waals surface area contributed by atoms with Gasteiger partial charge in [-0.25, -0.2) is 0 Å². The van der Waals surface area contributed by atoms with Crippen molar-refractivity contribution in [1.29, 1.82) is 5.41 Å². The van der Waals surface area contributed by atoms with Crippen molar-refractivity contribution >= 4 is 17.6 Å². The van der Waals surface area contributed by atoms with Gasteiger partial charge in [-0.3, -0.25) is 0 Å². The molecule has 1 N–H and O–H groups in total. The highest BCUT2D eigenvalue weighted by molar-refractivity contribution is 7.13. The maximum absolute atomic E-state index is 7.02. The van der Waals surface area contributed by atoms with Crippen LogP contribution >= 0.6 is 11.3 Å². The summed E-state index contributed by atoms with van der Waals surface area (Å²) in [5, 5.41) is 7.02. The molecule has 0 saturated carbocycles. The fraction of sp³-hybridized carbons (Fsp3) is 0.353. The van der Waals surface area contributed by atoms with Crippen molar-refractivity contribution in [2.75, 3.05) is 0 Å². The van der Waals surface area contributed by atoms with Gasteiger partial charge in [0, 0.05) is 16.0 Å². The molecule has 1 aromatic heterocycles. The third kappa shape index (κ3) is 6.35.